The zero-order chi connectivity index (χ0) is 22.4. The summed E-state index contributed by atoms with van der Waals surface area (Å²) in [6.45, 7) is 2.02. The monoisotopic (exact) mass is 559 g/mol. The number of ether oxygens (including phenoxy) is 1. The molecule has 0 aromatic heterocycles. The van der Waals surface area contributed by atoms with Gasteiger partial charge in [-0.2, -0.15) is 0 Å². The minimum atomic E-state index is -0.549. The van der Waals surface area contributed by atoms with Crippen molar-refractivity contribution in [1.29, 1.82) is 0 Å². The number of para-hydroxylation sites is 2. The van der Waals surface area contributed by atoms with Gasteiger partial charge in [-0.05, 0) is 44.8 Å². The number of nitrogens with zero attached hydrogens (tertiary/aromatic N) is 3. The average molecular weight is 559 g/mol. The molecule has 32 heavy (non-hydrogen) atoms. The zero-order valence-electron chi connectivity index (χ0n) is 18.9. The summed E-state index contributed by atoms with van der Waals surface area (Å²) < 4.78 is 34.1. The molecule has 6 nitrogen and oxygen atoms in total. The Balaban J connectivity index is 0.00000363. The summed E-state index contributed by atoms with van der Waals surface area (Å²) in [5.74, 6) is 0.361. The van der Waals surface area contributed by atoms with Gasteiger partial charge in [0.1, 0.15) is 17.4 Å². The molecular formula is C23H32F2IN5O. The smallest absolute Gasteiger partial charge is 0.191 e. The molecule has 0 bridgehead atoms. The first-order valence-corrected chi connectivity index (χ1v) is 10.4. The first-order valence-electron chi connectivity index (χ1n) is 10.4. The molecule has 9 heteroatoms. The number of halogens is 3. The number of nitrogens with one attached hydrogen (secondary N) is 2. The van der Waals surface area contributed by atoms with E-state index < -0.39 is 17.7 Å². The number of guanidine groups is 1. The molecule has 3 rings (SSSR count). The second-order valence-corrected chi connectivity index (χ2v) is 7.82. The first kappa shape index (κ1) is 26.1. The first-order chi connectivity index (χ1) is 14.9. The lowest BCUT2D eigenvalue weighted by atomic mass is 10.0. The van der Waals surface area contributed by atoms with Crippen molar-refractivity contribution in [1.82, 2.24) is 15.5 Å². The van der Waals surface area contributed by atoms with E-state index in [-0.39, 0.29) is 35.6 Å². The van der Waals surface area contributed by atoms with Crippen LogP contribution in [-0.4, -0.2) is 64.8 Å². The number of benzene rings is 2. The van der Waals surface area contributed by atoms with Crippen molar-refractivity contribution in [2.45, 2.75) is 18.5 Å². The molecule has 0 spiro atoms. The van der Waals surface area contributed by atoms with Crippen LogP contribution in [0.2, 0.25) is 0 Å². The van der Waals surface area contributed by atoms with Crippen LogP contribution < -0.4 is 20.3 Å². The fourth-order valence-electron chi connectivity index (χ4n) is 3.94. The molecule has 0 saturated carbocycles. The van der Waals surface area contributed by atoms with Crippen molar-refractivity contribution in [2.24, 2.45) is 4.99 Å². The van der Waals surface area contributed by atoms with Crippen LogP contribution in [-0.2, 0) is 0 Å². The minimum Gasteiger partial charge on any atom is -0.495 e. The molecule has 2 unspecified atom stereocenters. The van der Waals surface area contributed by atoms with Gasteiger partial charge in [0.2, 0.25) is 0 Å². The van der Waals surface area contributed by atoms with Crippen LogP contribution >= 0.6 is 24.0 Å². The number of aliphatic imine (C=N–C) groups is 1. The third-order valence-corrected chi connectivity index (χ3v) is 5.60. The van der Waals surface area contributed by atoms with Gasteiger partial charge in [-0.15, -0.1) is 24.0 Å². The molecule has 2 N–H and O–H groups in total. The molecule has 0 amide bonds. The Morgan fingerprint density at radius 1 is 1.19 bits per heavy atom. The standard InChI is InChI=1S/C23H31F2N5O.HI/c1-26-23(27-14-20(29(2)3)22-17(24)8-7-9-18(22)25)28-16-12-13-30(15-16)19-10-5-6-11-21(19)31-4;/h5-11,16,20H,12-15H2,1-4H3,(H2,26,27,28);1H. The Morgan fingerprint density at radius 3 is 2.50 bits per heavy atom. The Morgan fingerprint density at radius 2 is 1.88 bits per heavy atom. The summed E-state index contributed by atoms with van der Waals surface area (Å²) in [4.78, 5) is 8.37. The Hall–Kier alpha value is -2.14. The van der Waals surface area contributed by atoms with Crippen molar-refractivity contribution < 1.29 is 13.5 Å². The van der Waals surface area contributed by atoms with Crippen LogP contribution in [0.4, 0.5) is 14.5 Å². The van der Waals surface area contributed by atoms with Gasteiger partial charge in [0, 0.05) is 38.3 Å². The molecule has 1 aliphatic heterocycles. The average Bonchev–Trinajstić information content (AvgIpc) is 3.22. The highest BCUT2D eigenvalue weighted by molar-refractivity contribution is 14.0. The van der Waals surface area contributed by atoms with Gasteiger partial charge in [0.25, 0.3) is 0 Å². The van der Waals surface area contributed by atoms with Crippen molar-refractivity contribution in [3.63, 3.8) is 0 Å². The van der Waals surface area contributed by atoms with E-state index in [9.17, 15) is 8.78 Å². The maximum absolute atomic E-state index is 14.3. The van der Waals surface area contributed by atoms with Crippen molar-refractivity contribution >= 4 is 35.6 Å². The molecule has 0 aliphatic carbocycles. The molecule has 2 aromatic carbocycles. The van der Waals surface area contributed by atoms with E-state index in [2.05, 4.69) is 26.6 Å². The molecule has 2 aromatic rings. The number of methoxy groups -OCH3 is 1. The molecule has 1 saturated heterocycles. The summed E-state index contributed by atoms with van der Waals surface area (Å²) >= 11 is 0. The van der Waals surface area contributed by atoms with Crippen LogP contribution in [0.1, 0.15) is 18.0 Å². The molecule has 1 heterocycles. The van der Waals surface area contributed by atoms with Gasteiger partial charge in [0.15, 0.2) is 5.96 Å². The van der Waals surface area contributed by atoms with Gasteiger partial charge >= 0.3 is 0 Å². The maximum atomic E-state index is 14.3. The summed E-state index contributed by atoms with van der Waals surface area (Å²) in [7, 11) is 6.97. The quantitative estimate of drug-likeness (QED) is 0.309. The number of hydrogen-bond acceptors (Lipinski definition) is 4. The minimum absolute atomic E-state index is 0. The van der Waals surface area contributed by atoms with Gasteiger partial charge in [-0.3, -0.25) is 4.99 Å². The van der Waals surface area contributed by atoms with E-state index in [1.54, 1.807) is 33.2 Å². The Bertz CT molecular complexity index is 891. The highest BCUT2D eigenvalue weighted by Crippen LogP contribution is 2.30. The molecular weight excluding hydrogens is 527 g/mol. The van der Waals surface area contributed by atoms with E-state index in [0.717, 1.165) is 30.9 Å². The molecule has 176 valence electrons. The van der Waals surface area contributed by atoms with Gasteiger partial charge in [-0.1, -0.05) is 18.2 Å². The van der Waals surface area contributed by atoms with Gasteiger partial charge < -0.3 is 25.2 Å². The fourth-order valence-corrected chi connectivity index (χ4v) is 3.94. The van der Waals surface area contributed by atoms with E-state index in [1.165, 1.54) is 18.2 Å². The summed E-state index contributed by atoms with van der Waals surface area (Å²) in [5, 5.41) is 6.66. The highest BCUT2D eigenvalue weighted by atomic mass is 127. The topological polar surface area (TPSA) is 52.1 Å². The molecule has 0 radical (unpaired) electrons. The number of likely N-dealkylation sites (N-methyl/N-ethyl adjacent to an activating group) is 1. The van der Waals surface area contributed by atoms with E-state index >= 15 is 0 Å². The lowest BCUT2D eigenvalue weighted by Gasteiger charge is -2.27. The fraction of sp³-hybridized carbons (Fsp3) is 0.435. The maximum Gasteiger partial charge on any atom is 0.191 e. The summed E-state index contributed by atoms with van der Waals surface area (Å²) in [6.07, 6.45) is 0.942. The SMILES string of the molecule is CN=C(NCC(c1c(F)cccc1F)N(C)C)NC1CCN(c2ccccc2OC)C1.I. The van der Waals surface area contributed by atoms with Crippen LogP contribution in [0.3, 0.4) is 0 Å². The molecule has 2 atom stereocenters. The third kappa shape index (κ3) is 6.22. The molecule has 1 fully saturated rings. The third-order valence-electron chi connectivity index (χ3n) is 5.60. The van der Waals surface area contributed by atoms with Gasteiger partial charge in [0.05, 0.1) is 18.8 Å². The van der Waals surface area contributed by atoms with E-state index in [1.807, 2.05) is 18.2 Å². The normalized spacial score (nSPS) is 17.2. The largest absolute Gasteiger partial charge is 0.495 e. The highest BCUT2D eigenvalue weighted by Gasteiger charge is 2.26. The van der Waals surface area contributed by atoms with E-state index in [0.29, 0.717) is 12.5 Å². The van der Waals surface area contributed by atoms with Gasteiger partial charge in [-0.25, -0.2) is 8.78 Å². The van der Waals surface area contributed by atoms with Crippen molar-refractivity contribution in [2.75, 3.05) is 52.8 Å². The summed E-state index contributed by atoms with van der Waals surface area (Å²) in [5.41, 5.74) is 1.12. The second kappa shape index (κ2) is 12.2. The van der Waals surface area contributed by atoms with Crippen LogP contribution in [0, 0.1) is 11.6 Å². The number of rotatable bonds is 7. The van der Waals surface area contributed by atoms with Crippen LogP contribution in [0.25, 0.3) is 0 Å². The van der Waals surface area contributed by atoms with Crippen molar-refractivity contribution in [3.8, 4) is 5.75 Å². The predicted molar refractivity (Wildman–Crippen MR) is 136 cm³/mol. The van der Waals surface area contributed by atoms with E-state index in [4.69, 9.17) is 4.74 Å². The summed E-state index contributed by atoms with van der Waals surface area (Å²) in [6, 6.07) is 11.6. The van der Waals surface area contributed by atoms with Crippen molar-refractivity contribution in [3.05, 3.63) is 59.7 Å². The lowest BCUT2D eigenvalue weighted by molar-refractivity contribution is 0.282. The van der Waals surface area contributed by atoms with Crippen LogP contribution in [0.15, 0.2) is 47.5 Å². The number of anilines is 1. The Kier molecular flexibility index (Phi) is 9.95. The van der Waals surface area contributed by atoms with Crippen LogP contribution in [0.5, 0.6) is 5.75 Å². The second-order valence-electron chi connectivity index (χ2n) is 7.82. The number of hydrogen-bond donors (Lipinski definition) is 2. The zero-order valence-corrected chi connectivity index (χ0v) is 21.3. The lowest BCUT2D eigenvalue weighted by Crippen LogP contribution is -2.47. The Labute approximate surface area is 206 Å². The predicted octanol–water partition coefficient (Wildman–Crippen LogP) is 3.64. The molecule has 1 aliphatic rings.